The Bertz CT molecular complexity index is 988. The van der Waals surface area contributed by atoms with Crippen molar-refractivity contribution in [2.24, 2.45) is 0 Å². The highest BCUT2D eigenvalue weighted by Crippen LogP contribution is 2.44. The summed E-state index contributed by atoms with van der Waals surface area (Å²) in [5.74, 6) is -1.23. The van der Waals surface area contributed by atoms with Crippen LogP contribution in [0.25, 0.3) is 11.1 Å². The van der Waals surface area contributed by atoms with E-state index in [1.165, 1.54) is 11.1 Å². The minimum Gasteiger partial charge on any atom is -0.481 e. The molecule has 1 aliphatic carbocycles. The van der Waals surface area contributed by atoms with E-state index < -0.39 is 12.1 Å². The first kappa shape index (κ1) is 24.0. The maximum absolute atomic E-state index is 12.2. The molecule has 0 unspecified atom stereocenters. The van der Waals surface area contributed by atoms with Gasteiger partial charge >= 0.3 is 12.1 Å². The largest absolute Gasteiger partial charge is 0.481 e. The van der Waals surface area contributed by atoms with Crippen LogP contribution >= 0.6 is 0 Å². The van der Waals surface area contributed by atoms with Gasteiger partial charge in [-0.15, -0.1) is 0 Å². The summed E-state index contributed by atoms with van der Waals surface area (Å²) in [5, 5.41) is 13.8. The van der Waals surface area contributed by atoms with Gasteiger partial charge in [0, 0.05) is 24.6 Å². The molecule has 3 rings (SSSR count). The second-order valence-electron chi connectivity index (χ2n) is 7.61. The highest BCUT2D eigenvalue weighted by atomic mass is 16.5. The van der Waals surface area contributed by atoms with Crippen molar-refractivity contribution in [3.05, 3.63) is 71.3 Å². The summed E-state index contributed by atoms with van der Waals surface area (Å²) in [5.41, 5.74) is 5.06. The standard InChI is InChI=1S/C25H28N2O6/c1-17(24(30)26-13-15-32-14-11-23(28)29)10-12-27-25(31)33-16-22-20-8-4-2-6-18(20)19-7-3-5-9-21(19)22/h2-10,22H,11-16H2,1H3,(H,26,30)(H,27,31)(H,28,29)/b17-10+. The highest BCUT2D eigenvalue weighted by Gasteiger charge is 2.28. The molecule has 8 nitrogen and oxygen atoms in total. The molecular formula is C25H28N2O6. The Morgan fingerprint density at radius 2 is 1.61 bits per heavy atom. The number of carbonyl (C=O) groups excluding carboxylic acids is 2. The van der Waals surface area contributed by atoms with Crippen molar-refractivity contribution in [2.45, 2.75) is 19.3 Å². The average molecular weight is 453 g/mol. The summed E-state index contributed by atoms with van der Waals surface area (Å²) < 4.78 is 10.6. The van der Waals surface area contributed by atoms with Gasteiger partial charge in [-0.1, -0.05) is 54.6 Å². The van der Waals surface area contributed by atoms with E-state index in [0.717, 1.165) is 11.1 Å². The molecule has 0 heterocycles. The first-order valence-electron chi connectivity index (χ1n) is 10.8. The molecule has 0 saturated carbocycles. The number of amides is 2. The van der Waals surface area contributed by atoms with Gasteiger partial charge in [0.1, 0.15) is 6.61 Å². The summed E-state index contributed by atoms with van der Waals surface area (Å²) in [6, 6.07) is 16.2. The summed E-state index contributed by atoms with van der Waals surface area (Å²) in [4.78, 5) is 34.6. The molecule has 1 aliphatic rings. The predicted octanol–water partition coefficient (Wildman–Crippen LogP) is 3.08. The number of benzene rings is 2. The number of hydrogen-bond acceptors (Lipinski definition) is 5. The molecule has 0 bridgehead atoms. The highest BCUT2D eigenvalue weighted by molar-refractivity contribution is 5.92. The van der Waals surface area contributed by atoms with E-state index in [1.54, 1.807) is 13.0 Å². The van der Waals surface area contributed by atoms with Crippen LogP contribution in [0.3, 0.4) is 0 Å². The number of rotatable bonds is 11. The Balaban J connectivity index is 1.40. The zero-order valence-corrected chi connectivity index (χ0v) is 18.5. The number of ether oxygens (including phenoxy) is 2. The third-order valence-electron chi connectivity index (χ3n) is 5.35. The van der Waals surface area contributed by atoms with Crippen molar-refractivity contribution >= 4 is 18.0 Å². The number of carboxylic acid groups (broad SMARTS) is 1. The van der Waals surface area contributed by atoms with Crippen LogP contribution in [0.15, 0.2) is 60.2 Å². The van der Waals surface area contributed by atoms with Gasteiger partial charge in [0.25, 0.3) is 0 Å². The molecule has 0 fully saturated rings. The maximum Gasteiger partial charge on any atom is 0.407 e. The monoisotopic (exact) mass is 452 g/mol. The van der Waals surface area contributed by atoms with Gasteiger partial charge in [0.2, 0.25) is 5.91 Å². The van der Waals surface area contributed by atoms with Crippen LogP contribution in [0.5, 0.6) is 0 Å². The van der Waals surface area contributed by atoms with Crippen LogP contribution in [-0.2, 0) is 19.1 Å². The van der Waals surface area contributed by atoms with Crippen molar-refractivity contribution in [1.82, 2.24) is 10.6 Å². The fourth-order valence-electron chi connectivity index (χ4n) is 3.67. The van der Waals surface area contributed by atoms with Crippen molar-refractivity contribution in [2.75, 3.05) is 32.9 Å². The third-order valence-corrected chi connectivity index (χ3v) is 5.35. The topological polar surface area (TPSA) is 114 Å². The molecule has 174 valence electrons. The first-order valence-corrected chi connectivity index (χ1v) is 10.8. The summed E-state index contributed by atoms with van der Waals surface area (Å²) >= 11 is 0. The van der Waals surface area contributed by atoms with Crippen molar-refractivity contribution in [3.8, 4) is 11.1 Å². The molecule has 0 radical (unpaired) electrons. The Morgan fingerprint density at radius 1 is 0.970 bits per heavy atom. The number of carbonyl (C=O) groups is 3. The molecule has 0 spiro atoms. The number of hydrogen-bond donors (Lipinski definition) is 3. The lowest BCUT2D eigenvalue weighted by Gasteiger charge is -2.14. The molecule has 0 saturated heterocycles. The zero-order valence-electron chi connectivity index (χ0n) is 18.5. The van der Waals surface area contributed by atoms with Crippen molar-refractivity contribution in [1.29, 1.82) is 0 Å². The summed E-state index contributed by atoms with van der Waals surface area (Å²) in [6.45, 7) is 2.62. The molecule has 0 atom stereocenters. The van der Waals surface area contributed by atoms with Gasteiger partial charge in [-0.05, 0) is 29.2 Å². The van der Waals surface area contributed by atoms with E-state index in [9.17, 15) is 14.4 Å². The van der Waals surface area contributed by atoms with Crippen LogP contribution < -0.4 is 10.6 Å². The minimum atomic E-state index is -0.929. The van der Waals surface area contributed by atoms with Crippen LogP contribution in [-0.4, -0.2) is 56.0 Å². The first-order chi connectivity index (χ1) is 16.0. The summed E-state index contributed by atoms with van der Waals surface area (Å²) in [7, 11) is 0. The Hall–Kier alpha value is -3.65. The van der Waals surface area contributed by atoms with Crippen LogP contribution in [0.2, 0.25) is 0 Å². The second-order valence-corrected chi connectivity index (χ2v) is 7.61. The molecule has 3 N–H and O–H groups in total. The molecule has 8 heteroatoms. The fourth-order valence-corrected chi connectivity index (χ4v) is 3.67. The number of carboxylic acids is 1. The van der Waals surface area contributed by atoms with E-state index in [0.29, 0.717) is 5.57 Å². The third kappa shape index (κ3) is 6.66. The SMILES string of the molecule is C/C(=C\CNC(=O)OCC1c2ccccc2-c2ccccc21)C(=O)NCCOCCC(=O)O. The van der Waals surface area contributed by atoms with Crippen molar-refractivity contribution in [3.63, 3.8) is 0 Å². The van der Waals surface area contributed by atoms with E-state index >= 15 is 0 Å². The lowest BCUT2D eigenvalue weighted by atomic mass is 9.98. The van der Waals surface area contributed by atoms with Crippen LogP contribution in [0.4, 0.5) is 4.79 Å². The summed E-state index contributed by atoms with van der Waals surface area (Å²) in [6.07, 6.45) is 0.976. The quantitative estimate of drug-likeness (QED) is 0.357. The number of aliphatic carboxylic acids is 1. The van der Waals surface area contributed by atoms with E-state index in [2.05, 4.69) is 34.9 Å². The number of fused-ring (bicyclic) bond motifs is 3. The lowest BCUT2D eigenvalue weighted by Crippen LogP contribution is -2.29. The van der Waals surface area contributed by atoms with Gasteiger partial charge in [0.05, 0.1) is 19.6 Å². The van der Waals surface area contributed by atoms with E-state index in [-0.39, 0.29) is 51.2 Å². The van der Waals surface area contributed by atoms with Gasteiger partial charge in [-0.25, -0.2) is 4.79 Å². The maximum atomic E-state index is 12.2. The predicted molar refractivity (Wildman–Crippen MR) is 123 cm³/mol. The fraction of sp³-hybridized carbons (Fsp3) is 0.320. The van der Waals surface area contributed by atoms with Gasteiger partial charge in [-0.2, -0.15) is 0 Å². The molecule has 0 aromatic heterocycles. The number of alkyl carbamates (subject to hydrolysis) is 1. The molecule has 2 amide bonds. The minimum absolute atomic E-state index is 0.0103. The average Bonchev–Trinajstić information content (AvgIpc) is 3.13. The molecular weight excluding hydrogens is 424 g/mol. The normalized spacial score (nSPS) is 12.6. The smallest absolute Gasteiger partial charge is 0.407 e. The molecule has 2 aromatic carbocycles. The van der Waals surface area contributed by atoms with Gasteiger partial charge < -0.3 is 25.2 Å². The molecule has 2 aromatic rings. The second kappa shape index (κ2) is 11.8. The Morgan fingerprint density at radius 3 is 2.24 bits per heavy atom. The number of nitrogens with one attached hydrogen (secondary N) is 2. The van der Waals surface area contributed by atoms with Gasteiger partial charge in [0.15, 0.2) is 0 Å². The van der Waals surface area contributed by atoms with E-state index in [1.807, 2.05) is 24.3 Å². The zero-order chi connectivity index (χ0) is 23.6. The van der Waals surface area contributed by atoms with Crippen LogP contribution in [0.1, 0.15) is 30.4 Å². The Kier molecular flexibility index (Phi) is 8.60. The molecule has 33 heavy (non-hydrogen) atoms. The lowest BCUT2D eigenvalue weighted by molar-refractivity contribution is -0.138. The Labute approximate surface area is 192 Å². The molecule has 0 aliphatic heterocycles. The van der Waals surface area contributed by atoms with E-state index in [4.69, 9.17) is 14.6 Å². The van der Waals surface area contributed by atoms with Crippen molar-refractivity contribution < 1.29 is 29.0 Å². The van der Waals surface area contributed by atoms with Crippen LogP contribution in [0, 0.1) is 0 Å². The van der Waals surface area contributed by atoms with Gasteiger partial charge in [-0.3, -0.25) is 9.59 Å².